The highest BCUT2D eigenvalue weighted by molar-refractivity contribution is 14.0. The van der Waals surface area contributed by atoms with Crippen molar-refractivity contribution in [3.8, 4) is 0 Å². The van der Waals surface area contributed by atoms with E-state index in [9.17, 15) is 13.5 Å². The number of benzene rings is 1. The summed E-state index contributed by atoms with van der Waals surface area (Å²) >= 11 is 0. The first-order valence-electron chi connectivity index (χ1n) is 9.01. The van der Waals surface area contributed by atoms with Gasteiger partial charge < -0.3 is 15.7 Å². The van der Waals surface area contributed by atoms with E-state index < -0.39 is 15.9 Å². The Labute approximate surface area is 181 Å². The van der Waals surface area contributed by atoms with Gasteiger partial charge in [0.25, 0.3) is 0 Å². The minimum Gasteiger partial charge on any atom is -0.386 e. The third-order valence-corrected chi connectivity index (χ3v) is 4.94. The quantitative estimate of drug-likeness (QED) is 0.216. The molecule has 0 fully saturated rings. The van der Waals surface area contributed by atoms with E-state index in [1.54, 1.807) is 0 Å². The van der Waals surface area contributed by atoms with Crippen molar-refractivity contribution >= 4 is 39.8 Å². The summed E-state index contributed by atoms with van der Waals surface area (Å²) < 4.78 is 22.3. The number of hydrogen-bond donors (Lipinski definition) is 3. The Bertz CT molecular complexity index is 683. The second-order valence-electron chi connectivity index (χ2n) is 7.52. The third-order valence-electron chi connectivity index (χ3n) is 3.91. The lowest BCUT2D eigenvalue weighted by atomic mass is 9.86. The zero-order valence-corrected chi connectivity index (χ0v) is 20.1. The van der Waals surface area contributed by atoms with Crippen molar-refractivity contribution in [3.63, 3.8) is 0 Å². The van der Waals surface area contributed by atoms with Gasteiger partial charge in [-0.2, -0.15) is 0 Å². The van der Waals surface area contributed by atoms with Crippen LogP contribution in [0, 0.1) is 0 Å². The van der Waals surface area contributed by atoms with E-state index in [1.807, 2.05) is 31.2 Å². The molecule has 0 saturated heterocycles. The smallest absolute Gasteiger partial charge is 0.191 e. The monoisotopic (exact) mass is 511 g/mol. The lowest BCUT2D eigenvalue weighted by molar-refractivity contribution is 0.187. The zero-order valence-electron chi connectivity index (χ0n) is 16.9. The van der Waals surface area contributed by atoms with Crippen molar-refractivity contribution in [2.45, 2.75) is 45.6 Å². The average Bonchev–Trinajstić information content (AvgIpc) is 2.54. The van der Waals surface area contributed by atoms with Crippen LogP contribution in [0.3, 0.4) is 0 Å². The number of rotatable bonds is 8. The summed E-state index contributed by atoms with van der Waals surface area (Å²) in [6.45, 7) is 9.85. The van der Waals surface area contributed by atoms with Gasteiger partial charge >= 0.3 is 0 Å². The molecule has 27 heavy (non-hydrogen) atoms. The average molecular weight is 511 g/mol. The van der Waals surface area contributed by atoms with Crippen LogP contribution in [0.1, 0.15) is 51.3 Å². The lowest BCUT2D eigenvalue weighted by Crippen LogP contribution is -2.38. The Morgan fingerprint density at radius 3 is 2.26 bits per heavy atom. The fraction of sp³-hybridized carbons (Fsp3) is 0.632. The zero-order chi connectivity index (χ0) is 19.8. The second kappa shape index (κ2) is 11.9. The van der Waals surface area contributed by atoms with E-state index in [4.69, 9.17) is 0 Å². The molecular weight excluding hydrogens is 477 g/mol. The number of sulfone groups is 1. The molecule has 0 heterocycles. The lowest BCUT2D eigenvalue weighted by Gasteiger charge is -2.20. The molecule has 1 unspecified atom stereocenters. The van der Waals surface area contributed by atoms with Crippen LogP contribution < -0.4 is 10.6 Å². The molecule has 0 amide bonds. The summed E-state index contributed by atoms with van der Waals surface area (Å²) in [6, 6.07) is 7.95. The summed E-state index contributed by atoms with van der Waals surface area (Å²) in [6.07, 6.45) is 1.06. The molecule has 0 radical (unpaired) electrons. The van der Waals surface area contributed by atoms with E-state index >= 15 is 0 Å². The van der Waals surface area contributed by atoms with Crippen LogP contribution in [0.2, 0.25) is 0 Å². The molecule has 156 valence electrons. The number of nitrogens with zero attached hydrogens (tertiary/aromatic N) is 1. The molecule has 1 atom stereocenters. The number of halogens is 1. The highest BCUT2D eigenvalue weighted by Gasteiger charge is 2.14. The molecule has 1 aromatic rings. The van der Waals surface area contributed by atoms with Gasteiger partial charge in [-0.25, -0.2) is 8.42 Å². The fourth-order valence-corrected chi connectivity index (χ4v) is 3.04. The Morgan fingerprint density at radius 2 is 1.78 bits per heavy atom. The molecule has 0 aliphatic rings. The number of guanidine groups is 1. The van der Waals surface area contributed by atoms with Gasteiger partial charge in [0.15, 0.2) is 5.96 Å². The minimum absolute atomic E-state index is 0. The molecule has 8 heteroatoms. The number of aliphatic imine (C=N–C) groups is 1. The molecule has 3 N–H and O–H groups in total. The number of aliphatic hydroxyl groups excluding tert-OH is 1. The van der Waals surface area contributed by atoms with E-state index in [0.717, 1.165) is 5.56 Å². The van der Waals surface area contributed by atoms with Crippen LogP contribution in [-0.4, -0.2) is 51.1 Å². The maximum absolute atomic E-state index is 11.2. The minimum atomic E-state index is -2.95. The van der Waals surface area contributed by atoms with Crippen LogP contribution in [0.5, 0.6) is 0 Å². The molecule has 0 saturated carbocycles. The highest BCUT2D eigenvalue weighted by atomic mass is 127. The molecular formula is C19H34IN3O3S. The first-order valence-corrected chi connectivity index (χ1v) is 11.1. The Hall–Kier alpha value is -0.870. The van der Waals surface area contributed by atoms with Crippen molar-refractivity contribution < 1.29 is 13.5 Å². The molecule has 0 spiro atoms. The highest BCUT2D eigenvalue weighted by Crippen LogP contribution is 2.24. The van der Waals surface area contributed by atoms with E-state index in [0.29, 0.717) is 25.5 Å². The summed E-state index contributed by atoms with van der Waals surface area (Å²) in [5.74, 6) is 0.716. The Kier molecular flexibility index (Phi) is 11.5. The largest absolute Gasteiger partial charge is 0.386 e. The standard InChI is InChI=1S/C19H33N3O3S.HI/c1-6-20-18(21-12-7-13-26(5,24)25)22-14-17(23)15-8-10-16(11-9-15)19(2,3)4;/h8-11,17,23H,6-7,12-14H2,1-5H3,(H2,20,21,22);1H. The maximum atomic E-state index is 11.2. The third kappa shape index (κ3) is 10.9. The van der Waals surface area contributed by atoms with E-state index in [1.165, 1.54) is 11.8 Å². The van der Waals surface area contributed by atoms with Crippen LogP contribution >= 0.6 is 24.0 Å². The van der Waals surface area contributed by atoms with Crippen molar-refractivity contribution in [2.75, 3.05) is 31.6 Å². The molecule has 0 aliphatic heterocycles. The van der Waals surface area contributed by atoms with Gasteiger partial charge in [0, 0.05) is 19.3 Å². The van der Waals surface area contributed by atoms with Crippen LogP contribution in [0.25, 0.3) is 0 Å². The van der Waals surface area contributed by atoms with Gasteiger partial charge in [0.05, 0.1) is 18.4 Å². The van der Waals surface area contributed by atoms with Crippen LogP contribution in [0.4, 0.5) is 0 Å². The van der Waals surface area contributed by atoms with Crippen molar-refractivity contribution in [1.82, 2.24) is 10.6 Å². The van der Waals surface area contributed by atoms with Gasteiger partial charge in [-0.15, -0.1) is 24.0 Å². The summed E-state index contributed by atoms with van der Waals surface area (Å²) in [7, 11) is -2.95. The van der Waals surface area contributed by atoms with Gasteiger partial charge in [0.2, 0.25) is 0 Å². The molecule has 1 aromatic carbocycles. The first-order chi connectivity index (χ1) is 12.0. The molecule has 1 rings (SSSR count). The number of aliphatic hydroxyl groups is 1. The number of nitrogens with one attached hydrogen (secondary N) is 2. The van der Waals surface area contributed by atoms with Crippen molar-refractivity contribution in [2.24, 2.45) is 4.99 Å². The summed E-state index contributed by atoms with van der Waals surface area (Å²) in [5.41, 5.74) is 2.13. The summed E-state index contributed by atoms with van der Waals surface area (Å²) in [5, 5.41) is 16.6. The van der Waals surface area contributed by atoms with Gasteiger partial charge in [0.1, 0.15) is 9.84 Å². The van der Waals surface area contributed by atoms with Gasteiger partial charge in [-0.1, -0.05) is 45.0 Å². The number of hydrogen-bond acceptors (Lipinski definition) is 4. The molecule has 6 nitrogen and oxygen atoms in total. The van der Waals surface area contributed by atoms with Crippen molar-refractivity contribution in [1.29, 1.82) is 0 Å². The van der Waals surface area contributed by atoms with Crippen molar-refractivity contribution in [3.05, 3.63) is 35.4 Å². The molecule has 0 aliphatic carbocycles. The summed E-state index contributed by atoms with van der Waals surface area (Å²) in [4.78, 5) is 4.39. The predicted molar refractivity (Wildman–Crippen MR) is 124 cm³/mol. The second-order valence-corrected chi connectivity index (χ2v) is 9.78. The van der Waals surface area contributed by atoms with Gasteiger partial charge in [-0.05, 0) is 29.9 Å². The normalized spacial score (nSPS) is 13.6. The van der Waals surface area contributed by atoms with Crippen LogP contribution in [0.15, 0.2) is 29.3 Å². The SMILES string of the molecule is CCNC(=NCC(O)c1ccc(C(C)(C)C)cc1)NCCCS(C)(=O)=O.I. The molecule has 0 bridgehead atoms. The van der Waals surface area contributed by atoms with E-state index in [2.05, 4.69) is 36.4 Å². The Morgan fingerprint density at radius 1 is 1.19 bits per heavy atom. The van der Waals surface area contributed by atoms with E-state index in [-0.39, 0.29) is 41.7 Å². The van der Waals surface area contributed by atoms with Crippen LogP contribution in [-0.2, 0) is 15.3 Å². The first kappa shape index (κ1) is 26.1. The fourth-order valence-electron chi connectivity index (χ4n) is 2.37. The topological polar surface area (TPSA) is 90.8 Å². The maximum Gasteiger partial charge on any atom is 0.191 e. The van der Waals surface area contributed by atoms with Gasteiger partial charge in [-0.3, -0.25) is 4.99 Å². The Balaban J connectivity index is 0.00000676. The predicted octanol–water partition coefficient (Wildman–Crippen LogP) is 2.63. The molecule has 0 aromatic heterocycles.